The summed E-state index contributed by atoms with van der Waals surface area (Å²) in [5.74, 6) is -0.0632. The Balaban J connectivity index is 1.63. The number of benzene rings is 2. The molecule has 1 saturated heterocycles. The number of carbonyl (C=O) groups excluding carboxylic acids is 1. The standard InChI is InChI=1S/C18H18ClNO2/c1-12-2-4-13(5-3-12)10-17-18(21)20-16(11-22-17)14-6-8-15(19)9-7-14/h2-9,16-17H,10-11H2,1H3,(H,20,21)/t16-,17?/m1/s1. The zero-order valence-corrected chi connectivity index (χ0v) is 13.1. The molecule has 0 aromatic heterocycles. The van der Waals surface area contributed by atoms with Crippen molar-refractivity contribution in [2.75, 3.05) is 6.61 Å². The van der Waals surface area contributed by atoms with Gasteiger partial charge in [0.15, 0.2) is 0 Å². The number of ether oxygens (including phenoxy) is 1. The monoisotopic (exact) mass is 315 g/mol. The summed E-state index contributed by atoms with van der Waals surface area (Å²) in [5.41, 5.74) is 3.32. The molecule has 3 rings (SSSR count). The van der Waals surface area contributed by atoms with Crippen LogP contribution in [-0.4, -0.2) is 18.6 Å². The van der Waals surface area contributed by atoms with Gasteiger partial charge in [0.05, 0.1) is 12.6 Å². The Morgan fingerprint density at radius 3 is 2.45 bits per heavy atom. The van der Waals surface area contributed by atoms with E-state index >= 15 is 0 Å². The number of amides is 1. The first-order valence-electron chi connectivity index (χ1n) is 7.35. The smallest absolute Gasteiger partial charge is 0.250 e. The van der Waals surface area contributed by atoms with Crippen LogP contribution in [0.4, 0.5) is 0 Å². The molecule has 2 atom stereocenters. The molecule has 1 heterocycles. The molecule has 1 aliphatic heterocycles. The van der Waals surface area contributed by atoms with Gasteiger partial charge in [-0.25, -0.2) is 0 Å². The predicted octanol–water partition coefficient (Wildman–Crippen LogP) is 3.45. The molecule has 22 heavy (non-hydrogen) atoms. The molecule has 1 fully saturated rings. The normalized spacial score (nSPS) is 21.5. The highest BCUT2D eigenvalue weighted by Gasteiger charge is 2.29. The minimum Gasteiger partial charge on any atom is -0.366 e. The summed E-state index contributed by atoms with van der Waals surface area (Å²) in [4.78, 5) is 12.3. The maximum Gasteiger partial charge on any atom is 0.250 e. The summed E-state index contributed by atoms with van der Waals surface area (Å²) >= 11 is 5.89. The van der Waals surface area contributed by atoms with Gasteiger partial charge >= 0.3 is 0 Å². The Morgan fingerprint density at radius 2 is 1.82 bits per heavy atom. The minimum absolute atomic E-state index is 0.0632. The maximum absolute atomic E-state index is 12.3. The number of halogens is 1. The molecular weight excluding hydrogens is 298 g/mol. The average Bonchev–Trinajstić information content (AvgIpc) is 2.52. The van der Waals surface area contributed by atoms with Crippen molar-refractivity contribution in [1.29, 1.82) is 0 Å². The van der Waals surface area contributed by atoms with Crippen LogP contribution in [0.3, 0.4) is 0 Å². The second kappa shape index (κ2) is 6.51. The minimum atomic E-state index is -0.425. The average molecular weight is 316 g/mol. The van der Waals surface area contributed by atoms with E-state index in [1.54, 1.807) is 0 Å². The number of hydrogen-bond donors (Lipinski definition) is 1. The first-order valence-corrected chi connectivity index (χ1v) is 7.72. The van der Waals surface area contributed by atoms with Gasteiger partial charge in [0.1, 0.15) is 6.10 Å². The largest absolute Gasteiger partial charge is 0.366 e. The van der Waals surface area contributed by atoms with Crippen molar-refractivity contribution < 1.29 is 9.53 Å². The summed E-state index contributed by atoms with van der Waals surface area (Å²) in [7, 11) is 0. The van der Waals surface area contributed by atoms with Crippen molar-refractivity contribution in [2.24, 2.45) is 0 Å². The molecule has 1 unspecified atom stereocenters. The molecule has 2 aromatic rings. The lowest BCUT2D eigenvalue weighted by Crippen LogP contribution is -2.47. The van der Waals surface area contributed by atoms with Gasteiger partial charge in [-0.3, -0.25) is 4.79 Å². The topological polar surface area (TPSA) is 38.3 Å². The van der Waals surface area contributed by atoms with Gasteiger partial charge in [0, 0.05) is 11.4 Å². The third-order valence-corrected chi connectivity index (χ3v) is 4.14. The molecule has 0 aliphatic carbocycles. The van der Waals surface area contributed by atoms with Gasteiger partial charge in [-0.2, -0.15) is 0 Å². The first kappa shape index (κ1) is 15.1. The van der Waals surface area contributed by atoms with E-state index in [0.29, 0.717) is 18.1 Å². The van der Waals surface area contributed by atoms with Crippen LogP contribution in [0.5, 0.6) is 0 Å². The second-order valence-corrected chi connectivity index (χ2v) is 6.06. The van der Waals surface area contributed by atoms with Crippen LogP contribution in [0.1, 0.15) is 22.7 Å². The van der Waals surface area contributed by atoms with Crippen LogP contribution >= 0.6 is 11.6 Å². The number of morpholine rings is 1. The van der Waals surface area contributed by atoms with Gasteiger partial charge in [-0.1, -0.05) is 53.6 Å². The summed E-state index contributed by atoms with van der Waals surface area (Å²) in [6, 6.07) is 15.5. The molecule has 114 valence electrons. The number of hydrogen-bond acceptors (Lipinski definition) is 2. The number of aryl methyl sites for hydroxylation is 1. The molecule has 0 radical (unpaired) electrons. The first-order chi connectivity index (χ1) is 10.6. The Labute approximate surface area is 135 Å². The van der Waals surface area contributed by atoms with Crippen molar-refractivity contribution in [1.82, 2.24) is 5.32 Å². The van der Waals surface area contributed by atoms with Gasteiger partial charge < -0.3 is 10.1 Å². The van der Waals surface area contributed by atoms with E-state index in [9.17, 15) is 4.79 Å². The highest BCUT2D eigenvalue weighted by atomic mass is 35.5. The highest BCUT2D eigenvalue weighted by molar-refractivity contribution is 6.30. The van der Waals surface area contributed by atoms with Crippen molar-refractivity contribution in [2.45, 2.75) is 25.5 Å². The lowest BCUT2D eigenvalue weighted by atomic mass is 10.0. The molecule has 0 saturated carbocycles. The lowest BCUT2D eigenvalue weighted by molar-refractivity contribution is -0.140. The van der Waals surface area contributed by atoms with Gasteiger partial charge in [-0.15, -0.1) is 0 Å². The van der Waals surface area contributed by atoms with Gasteiger partial charge in [0.2, 0.25) is 5.91 Å². The fourth-order valence-electron chi connectivity index (χ4n) is 2.56. The Bertz CT molecular complexity index is 652. The van der Waals surface area contributed by atoms with Crippen molar-refractivity contribution in [3.05, 3.63) is 70.2 Å². The summed E-state index contributed by atoms with van der Waals surface area (Å²) in [6.45, 7) is 2.52. The Morgan fingerprint density at radius 1 is 1.14 bits per heavy atom. The van der Waals surface area contributed by atoms with E-state index in [0.717, 1.165) is 11.1 Å². The van der Waals surface area contributed by atoms with Crippen molar-refractivity contribution in [3.8, 4) is 0 Å². The lowest BCUT2D eigenvalue weighted by Gasteiger charge is -2.30. The van der Waals surface area contributed by atoms with E-state index in [4.69, 9.17) is 16.3 Å². The molecule has 1 N–H and O–H groups in total. The van der Waals surface area contributed by atoms with Crippen molar-refractivity contribution in [3.63, 3.8) is 0 Å². The van der Waals surface area contributed by atoms with Gasteiger partial charge in [-0.05, 0) is 30.2 Å². The van der Waals surface area contributed by atoms with E-state index in [1.807, 2.05) is 55.5 Å². The van der Waals surface area contributed by atoms with Crippen LogP contribution in [0.15, 0.2) is 48.5 Å². The fourth-order valence-corrected chi connectivity index (χ4v) is 2.68. The molecular formula is C18H18ClNO2. The van der Waals surface area contributed by atoms with Crippen LogP contribution in [-0.2, 0) is 16.0 Å². The van der Waals surface area contributed by atoms with E-state index in [1.165, 1.54) is 5.56 Å². The number of rotatable bonds is 3. The van der Waals surface area contributed by atoms with Crippen LogP contribution in [0, 0.1) is 6.92 Å². The Kier molecular flexibility index (Phi) is 4.46. The second-order valence-electron chi connectivity index (χ2n) is 5.62. The van der Waals surface area contributed by atoms with Crippen LogP contribution in [0.25, 0.3) is 0 Å². The SMILES string of the molecule is Cc1ccc(CC2OC[C@H](c3ccc(Cl)cc3)NC2=O)cc1. The highest BCUT2D eigenvalue weighted by Crippen LogP contribution is 2.21. The summed E-state index contributed by atoms with van der Waals surface area (Å²) < 4.78 is 5.78. The number of carbonyl (C=O) groups is 1. The number of nitrogens with one attached hydrogen (secondary N) is 1. The van der Waals surface area contributed by atoms with Crippen LogP contribution < -0.4 is 5.32 Å². The molecule has 2 aromatic carbocycles. The van der Waals surface area contributed by atoms with Crippen molar-refractivity contribution >= 4 is 17.5 Å². The van der Waals surface area contributed by atoms with E-state index in [2.05, 4.69) is 5.32 Å². The molecule has 1 amide bonds. The third kappa shape index (κ3) is 3.49. The molecule has 0 spiro atoms. The molecule has 3 nitrogen and oxygen atoms in total. The van der Waals surface area contributed by atoms with E-state index in [-0.39, 0.29) is 11.9 Å². The molecule has 0 bridgehead atoms. The van der Waals surface area contributed by atoms with Crippen LogP contribution in [0.2, 0.25) is 5.02 Å². The van der Waals surface area contributed by atoms with Gasteiger partial charge in [0.25, 0.3) is 0 Å². The fraction of sp³-hybridized carbons (Fsp3) is 0.278. The molecule has 4 heteroatoms. The molecule has 1 aliphatic rings. The predicted molar refractivity (Wildman–Crippen MR) is 87.0 cm³/mol. The quantitative estimate of drug-likeness (QED) is 0.942. The Hall–Kier alpha value is -1.84. The summed E-state index contributed by atoms with van der Waals surface area (Å²) in [6.07, 6.45) is 0.172. The maximum atomic E-state index is 12.3. The summed E-state index contributed by atoms with van der Waals surface area (Å²) in [5, 5.41) is 3.71. The third-order valence-electron chi connectivity index (χ3n) is 3.89. The van der Waals surface area contributed by atoms with E-state index < -0.39 is 6.10 Å². The zero-order chi connectivity index (χ0) is 15.5. The zero-order valence-electron chi connectivity index (χ0n) is 12.4.